The van der Waals surface area contributed by atoms with Gasteiger partial charge in [0, 0.05) is 31.2 Å². The van der Waals surface area contributed by atoms with E-state index < -0.39 is 0 Å². The molecular weight excluding hydrogens is 198 g/mol. The average Bonchev–Trinajstić information content (AvgIpc) is 2.72. The second kappa shape index (κ2) is 5.03. The molecule has 3 heteroatoms. The zero-order valence-electron chi connectivity index (χ0n) is 11.1. The normalized spacial score (nSPS) is 32.1. The number of nitrogens with zero attached hydrogens (tertiary/aromatic N) is 2. The topological polar surface area (TPSA) is 18.5 Å². The Morgan fingerprint density at radius 3 is 2.75 bits per heavy atom. The van der Waals surface area contributed by atoms with Crippen LogP contribution in [0.2, 0.25) is 0 Å². The third kappa shape index (κ3) is 2.96. The number of rotatable bonds is 3. The predicted molar refractivity (Wildman–Crippen MR) is 68.8 cm³/mol. The highest BCUT2D eigenvalue weighted by molar-refractivity contribution is 4.88. The van der Waals surface area contributed by atoms with Crippen molar-refractivity contribution in [2.45, 2.75) is 44.7 Å². The molecule has 2 fully saturated rings. The third-order valence-electron chi connectivity index (χ3n) is 4.35. The Bertz CT molecular complexity index is 221. The highest BCUT2D eigenvalue weighted by atomic mass is 15.3. The molecule has 1 atom stereocenters. The summed E-state index contributed by atoms with van der Waals surface area (Å²) in [5, 5.41) is 3.59. The van der Waals surface area contributed by atoms with E-state index in [9.17, 15) is 0 Å². The SMILES string of the molecule is CN1CCN(CCC2CCCN2)CC1(C)C. The summed E-state index contributed by atoms with van der Waals surface area (Å²) in [5.41, 5.74) is 0.349. The molecule has 0 saturated carbocycles. The molecule has 94 valence electrons. The summed E-state index contributed by atoms with van der Waals surface area (Å²) in [5.74, 6) is 0. The van der Waals surface area contributed by atoms with Gasteiger partial charge in [-0.15, -0.1) is 0 Å². The second-order valence-electron chi connectivity index (χ2n) is 6.09. The van der Waals surface area contributed by atoms with Gasteiger partial charge in [-0.3, -0.25) is 4.90 Å². The number of likely N-dealkylation sites (N-methyl/N-ethyl adjacent to an activating group) is 1. The lowest BCUT2D eigenvalue weighted by Gasteiger charge is -2.45. The van der Waals surface area contributed by atoms with Gasteiger partial charge < -0.3 is 10.2 Å². The Labute approximate surface area is 100 Å². The van der Waals surface area contributed by atoms with E-state index in [4.69, 9.17) is 0 Å². The van der Waals surface area contributed by atoms with E-state index in [1.54, 1.807) is 0 Å². The quantitative estimate of drug-likeness (QED) is 0.777. The van der Waals surface area contributed by atoms with Crippen molar-refractivity contribution in [2.24, 2.45) is 0 Å². The molecule has 2 heterocycles. The Kier molecular flexibility index (Phi) is 3.88. The lowest BCUT2D eigenvalue weighted by Crippen LogP contribution is -2.57. The molecule has 0 aliphatic carbocycles. The Balaban J connectivity index is 1.74. The minimum absolute atomic E-state index is 0.349. The smallest absolute Gasteiger partial charge is 0.0277 e. The monoisotopic (exact) mass is 225 g/mol. The molecule has 0 aromatic carbocycles. The van der Waals surface area contributed by atoms with Gasteiger partial charge in [0.15, 0.2) is 0 Å². The van der Waals surface area contributed by atoms with Crippen molar-refractivity contribution < 1.29 is 0 Å². The van der Waals surface area contributed by atoms with E-state index in [0.717, 1.165) is 6.04 Å². The Morgan fingerprint density at radius 1 is 1.31 bits per heavy atom. The van der Waals surface area contributed by atoms with Gasteiger partial charge in [-0.25, -0.2) is 0 Å². The maximum Gasteiger partial charge on any atom is 0.0277 e. The molecule has 3 nitrogen and oxygen atoms in total. The molecule has 0 spiro atoms. The van der Waals surface area contributed by atoms with E-state index in [2.05, 4.69) is 36.0 Å². The first-order valence-electron chi connectivity index (χ1n) is 6.75. The van der Waals surface area contributed by atoms with Gasteiger partial charge in [-0.1, -0.05) is 0 Å². The zero-order valence-corrected chi connectivity index (χ0v) is 11.1. The van der Waals surface area contributed by atoms with Crippen LogP contribution in [0.15, 0.2) is 0 Å². The van der Waals surface area contributed by atoms with Crippen LogP contribution in [0.25, 0.3) is 0 Å². The highest BCUT2D eigenvalue weighted by Crippen LogP contribution is 2.19. The number of piperazine rings is 1. The summed E-state index contributed by atoms with van der Waals surface area (Å²) in [4.78, 5) is 5.12. The largest absolute Gasteiger partial charge is 0.314 e. The number of nitrogens with one attached hydrogen (secondary N) is 1. The van der Waals surface area contributed by atoms with E-state index in [-0.39, 0.29) is 0 Å². The van der Waals surface area contributed by atoms with Crippen LogP contribution in [-0.4, -0.2) is 61.2 Å². The fourth-order valence-corrected chi connectivity index (χ4v) is 2.87. The highest BCUT2D eigenvalue weighted by Gasteiger charge is 2.30. The van der Waals surface area contributed by atoms with Gasteiger partial charge in [-0.05, 0) is 53.2 Å². The molecule has 0 bridgehead atoms. The van der Waals surface area contributed by atoms with E-state index in [0.29, 0.717) is 5.54 Å². The van der Waals surface area contributed by atoms with Crippen LogP contribution in [0.3, 0.4) is 0 Å². The number of hydrogen-bond acceptors (Lipinski definition) is 3. The zero-order chi connectivity index (χ0) is 11.6. The molecular formula is C13H27N3. The minimum Gasteiger partial charge on any atom is -0.314 e. The van der Waals surface area contributed by atoms with Gasteiger partial charge in [0.2, 0.25) is 0 Å². The lowest BCUT2D eigenvalue weighted by atomic mass is 9.99. The summed E-state index contributed by atoms with van der Waals surface area (Å²) < 4.78 is 0. The summed E-state index contributed by atoms with van der Waals surface area (Å²) >= 11 is 0. The Hall–Kier alpha value is -0.120. The fraction of sp³-hybridized carbons (Fsp3) is 1.00. The van der Waals surface area contributed by atoms with Gasteiger partial charge in [-0.2, -0.15) is 0 Å². The first-order chi connectivity index (χ1) is 7.58. The molecule has 2 aliphatic rings. The van der Waals surface area contributed by atoms with Crippen LogP contribution in [0.4, 0.5) is 0 Å². The van der Waals surface area contributed by atoms with Crippen LogP contribution >= 0.6 is 0 Å². The van der Waals surface area contributed by atoms with Crippen molar-refractivity contribution in [3.8, 4) is 0 Å². The van der Waals surface area contributed by atoms with Crippen LogP contribution < -0.4 is 5.32 Å². The lowest BCUT2D eigenvalue weighted by molar-refractivity contribution is 0.0384. The van der Waals surface area contributed by atoms with Gasteiger partial charge in [0.1, 0.15) is 0 Å². The molecule has 2 saturated heterocycles. The molecule has 16 heavy (non-hydrogen) atoms. The summed E-state index contributed by atoms with van der Waals surface area (Å²) in [6.07, 6.45) is 4.09. The van der Waals surface area contributed by atoms with Crippen LogP contribution in [0, 0.1) is 0 Å². The maximum absolute atomic E-state index is 3.59. The molecule has 2 aliphatic heterocycles. The third-order valence-corrected chi connectivity index (χ3v) is 4.35. The molecule has 1 unspecified atom stereocenters. The van der Waals surface area contributed by atoms with Crippen molar-refractivity contribution in [1.82, 2.24) is 15.1 Å². The minimum atomic E-state index is 0.349. The molecule has 1 N–H and O–H groups in total. The van der Waals surface area contributed by atoms with E-state index >= 15 is 0 Å². The molecule has 2 rings (SSSR count). The summed E-state index contributed by atoms with van der Waals surface area (Å²) in [6, 6.07) is 0.794. The summed E-state index contributed by atoms with van der Waals surface area (Å²) in [6.45, 7) is 10.9. The van der Waals surface area contributed by atoms with E-state index in [1.165, 1.54) is 52.0 Å². The first kappa shape index (κ1) is 12.3. The van der Waals surface area contributed by atoms with Crippen molar-refractivity contribution in [2.75, 3.05) is 39.8 Å². The van der Waals surface area contributed by atoms with Crippen LogP contribution in [0.5, 0.6) is 0 Å². The molecule has 0 aromatic heterocycles. The van der Waals surface area contributed by atoms with Crippen molar-refractivity contribution in [1.29, 1.82) is 0 Å². The molecule has 0 aromatic rings. The van der Waals surface area contributed by atoms with Crippen LogP contribution in [-0.2, 0) is 0 Å². The van der Waals surface area contributed by atoms with Gasteiger partial charge in [0.05, 0.1) is 0 Å². The van der Waals surface area contributed by atoms with Crippen molar-refractivity contribution >= 4 is 0 Å². The number of hydrogen-bond donors (Lipinski definition) is 1. The van der Waals surface area contributed by atoms with Crippen molar-refractivity contribution in [3.63, 3.8) is 0 Å². The Morgan fingerprint density at radius 2 is 2.12 bits per heavy atom. The molecule has 0 amide bonds. The predicted octanol–water partition coefficient (Wildman–Crippen LogP) is 1.15. The van der Waals surface area contributed by atoms with Gasteiger partial charge >= 0.3 is 0 Å². The van der Waals surface area contributed by atoms with Crippen LogP contribution in [0.1, 0.15) is 33.1 Å². The standard InChI is InChI=1S/C13H27N3/c1-13(2)11-16(10-9-15(13)3)8-6-12-5-4-7-14-12/h12,14H,4-11H2,1-3H3. The van der Waals surface area contributed by atoms with Crippen molar-refractivity contribution in [3.05, 3.63) is 0 Å². The maximum atomic E-state index is 3.59. The fourth-order valence-electron chi connectivity index (χ4n) is 2.87. The second-order valence-corrected chi connectivity index (χ2v) is 6.09. The first-order valence-corrected chi connectivity index (χ1v) is 6.75. The molecule has 0 radical (unpaired) electrons. The van der Waals surface area contributed by atoms with E-state index in [1.807, 2.05) is 0 Å². The summed E-state index contributed by atoms with van der Waals surface area (Å²) in [7, 11) is 2.25. The average molecular weight is 225 g/mol. The van der Waals surface area contributed by atoms with Gasteiger partial charge in [0.25, 0.3) is 0 Å².